The van der Waals surface area contributed by atoms with E-state index in [4.69, 9.17) is 5.41 Å². The molecule has 0 unspecified atom stereocenters. The van der Waals surface area contributed by atoms with Gasteiger partial charge in [-0.15, -0.1) is 0 Å². The van der Waals surface area contributed by atoms with E-state index in [2.05, 4.69) is 4.98 Å². The first kappa shape index (κ1) is 6.99. The van der Waals surface area contributed by atoms with E-state index >= 15 is 0 Å². The second-order valence-electron chi connectivity index (χ2n) is 2.23. The molecule has 0 aliphatic heterocycles. The van der Waals surface area contributed by atoms with E-state index < -0.39 is 0 Å². The standard InChI is InChI=1S/C7H11N3/c1-3-6-4-9-5-10(2)7(6)8/h4-5,8H,3H2,1-2H3. The molecule has 1 N–H and O–H groups in total. The lowest BCUT2D eigenvalue weighted by molar-refractivity contribution is 0.761. The van der Waals surface area contributed by atoms with E-state index in [0.29, 0.717) is 5.49 Å². The van der Waals surface area contributed by atoms with Gasteiger partial charge < -0.3 is 4.57 Å². The fourth-order valence-electron chi connectivity index (χ4n) is 0.827. The molecule has 0 aromatic carbocycles. The molecule has 3 nitrogen and oxygen atoms in total. The first-order valence-corrected chi connectivity index (χ1v) is 3.29. The summed E-state index contributed by atoms with van der Waals surface area (Å²) in [5.41, 5.74) is 1.54. The Kier molecular flexibility index (Phi) is 1.85. The van der Waals surface area contributed by atoms with Crippen molar-refractivity contribution in [2.24, 2.45) is 7.05 Å². The van der Waals surface area contributed by atoms with Crippen LogP contribution in [0.15, 0.2) is 12.5 Å². The predicted octanol–water partition coefficient (Wildman–Crippen LogP) is 0.462. The minimum Gasteiger partial charge on any atom is -0.320 e. The van der Waals surface area contributed by atoms with E-state index in [-0.39, 0.29) is 0 Å². The van der Waals surface area contributed by atoms with Crippen molar-refractivity contribution in [3.8, 4) is 0 Å². The summed E-state index contributed by atoms with van der Waals surface area (Å²) < 4.78 is 1.71. The fraction of sp³-hybridized carbons (Fsp3) is 0.429. The van der Waals surface area contributed by atoms with Crippen LogP contribution in [0.5, 0.6) is 0 Å². The molecule has 0 spiro atoms. The van der Waals surface area contributed by atoms with Crippen LogP contribution in [-0.2, 0) is 13.5 Å². The van der Waals surface area contributed by atoms with Gasteiger partial charge in [0.2, 0.25) is 0 Å². The van der Waals surface area contributed by atoms with Crippen LogP contribution in [0.4, 0.5) is 0 Å². The van der Waals surface area contributed by atoms with Gasteiger partial charge in [0.1, 0.15) is 5.49 Å². The summed E-state index contributed by atoms with van der Waals surface area (Å²) in [6.45, 7) is 2.02. The van der Waals surface area contributed by atoms with Crippen molar-refractivity contribution in [1.29, 1.82) is 5.41 Å². The highest BCUT2D eigenvalue weighted by Gasteiger charge is 1.92. The van der Waals surface area contributed by atoms with Gasteiger partial charge in [0.15, 0.2) is 0 Å². The molecular formula is C7H11N3. The first-order valence-electron chi connectivity index (χ1n) is 3.29. The molecule has 1 rings (SSSR count). The molecule has 0 radical (unpaired) electrons. The number of aryl methyl sites for hydroxylation is 2. The van der Waals surface area contributed by atoms with Gasteiger partial charge >= 0.3 is 0 Å². The van der Waals surface area contributed by atoms with Gasteiger partial charge in [-0.05, 0) is 6.42 Å². The number of rotatable bonds is 1. The first-order chi connectivity index (χ1) is 4.75. The molecule has 1 heterocycles. The Labute approximate surface area is 59.9 Å². The minimum atomic E-state index is 0.553. The maximum Gasteiger partial charge on any atom is 0.130 e. The topological polar surface area (TPSA) is 41.7 Å². The highest BCUT2D eigenvalue weighted by Crippen LogP contribution is 1.86. The third kappa shape index (κ3) is 1.07. The summed E-state index contributed by atoms with van der Waals surface area (Å²) in [5.74, 6) is 0. The van der Waals surface area contributed by atoms with Crippen molar-refractivity contribution >= 4 is 0 Å². The summed E-state index contributed by atoms with van der Waals surface area (Å²) in [6.07, 6.45) is 4.25. The Balaban J connectivity index is 3.28. The third-order valence-electron chi connectivity index (χ3n) is 1.51. The van der Waals surface area contributed by atoms with Gasteiger partial charge in [-0.25, -0.2) is 4.98 Å². The van der Waals surface area contributed by atoms with Crippen molar-refractivity contribution in [2.75, 3.05) is 0 Å². The second-order valence-corrected chi connectivity index (χ2v) is 2.23. The maximum atomic E-state index is 7.52. The number of nitrogens with zero attached hydrogens (tertiary/aromatic N) is 2. The Morgan fingerprint density at radius 1 is 1.70 bits per heavy atom. The predicted molar refractivity (Wildman–Crippen MR) is 38.4 cm³/mol. The second kappa shape index (κ2) is 2.64. The van der Waals surface area contributed by atoms with E-state index in [1.807, 2.05) is 14.0 Å². The zero-order valence-corrected chi connectivity index (χ0v) is 6.26. The molecule has 10 heavy (non-hydrogen) atoms. The molecule has 0 fully saturated rings. The number of hydrogen-bond acceptors (Lipinski definition) is 2. The summed E-state index contributed by atoms with van der Waals surface area (Å²) in [7, 11) is 1.83. The Bertz CT molecular complexity index is 274. The lowest BCUT2D eigenvalue weighted by Crippen LogP contribution is -2.20. The molecule has 0 amide bonds. The molecule has 1 aromatic heterocycles. The maximum absolute atomic E-state index is 7.52. The number of aromatic nitrogens is 2. The molecule has 54 valence electrons. The normalized spacial score (nSPS) is 9.80. The Morgan fingerprint density at radius 2 is 2.40 bits per heavy atom. The monoisotopic (exact) mass is 137 g/mol. The average Bonchev–Trinajstić information content (AvgIpc) is 1.95. The van der Waals surface area contributed by atoms with E-state index in [1.165, 1.54) is 0 Å². The van der Waals surface area contributed by atoms with Crippen molar-refractivity contribution in [1.82, 2.24) is 9.55 Å². The van der Waals surface area contributed by atoms with Gasteiger partial charge in [0, 0.05) is 18.8 Å². The van der Waals surface area contributed by atoms with E-state index in [9.17, 15) is 0 Å². The quantitative estimate of drug-likeness (QED) is 0.600. The summed E-state index contributed by atoms with van der Waals surface area (Å²) >= 11 is 0. The van der Waals surface area contributed by atoms with Crippen LogP contribution in [0.1, 0.15) is 12.5 Å². The van der Waals surface area contributed by atoms with E-state index in [0.717, 1.165) is 12.0 Å². The number of hydrogen-bond donors (Lipinski definition) is 1. The lowest BCUT2D eigenvalue weighted by atomic mass is 10.3. The zero-order valence-electron chi connectivity index (χ0n) is 6.26. The van der Waals surface area contributed by atoms with Crippen molar-refractivity contribution in [3.05, 3.63) is 23.6 Å². The van der Waals surface area contributed by atoms with Crippen LogP contribution in [0.3, 0.4) is 0 Å². The highest BCUT2D eigenvalue weighted by molar-refractivity contribution is 5.01. The summed E-state index contributed by atoms with van der Waals surface area (Å²) in [6, 6.07) is 0. The Hall–Kier alpha value is -1.12. The van der Waals surface area contributed by atoms with Gasteiger partial charge in [0.05, 0.1) is 6.33 Å². The summed E-state index contributed by atoms with van der Waals surface area (Å²) in [4.78, 5) is 3.96. The molecule has 0 atom stereocenters. The molecule has 0 bridgehead atoms. The van der Waals surface area contributed by atoms with Crippen molar-refractivity contribution in [2.45, 2.75) is 13.3 Å². The van der Waals surface area contributed by atoms with Crippen LogP contribution in [-0.4, -0.2) is 9.55 Å². The fourth-order valence-corrected chi connectivity index (χ4v) is 0.827. The SMILES string of the molecule is CCc1cncn(C)c1=N. The van der Waals surface area contributed by atoms with Crippen LogP contribution in [0.25, 0.3) is 0 Å². The molecule has 0 aliphatic carbocycles. The van der Waals surface area contributed by atoms with Crippen LogP contribution >= 0.6 is 0 Å². The molecule has 0 saturated carbocycles. The molecule has 1 aromatic rings. The average molecular weight is 137 g/mol. The molecule has 3 heteroatoms. The van der Waals surface area contributed by atoms with Gasteiger partial charge in [-0.1, -0.05) is 6.92 Å². The molecule has 0 saturated heterocycles. The smallest absolute Gasteiger partial charge is 0.130 e. The van der Waals surface area contributed by atoms with Gasteiger partial charge in [0.25, 0.3) is 0 Å². The van der Waals surface area contributed by atoms with Gasteiger partial charge in [-0.2, -0.15) is 0 Å². The molecular weight excluding hydrogens is 126 g/mol. The van der Waals surface area contributed by atoms with Crippen LogP contribution in [0, 0.1) is 5.41 Å². The molecule has 0 aliphatic rings. The van der Waals surface area contributed by atoms with Crippen molar-refractivity contribution in [3.63, 3.8) is 0 Å². The van der Waals surface area contributed by atoms with Crippen LogP contribution < -0.4 is 5.49 Å². The zero-order chi connectivity index (χ0) is 7.56. The largest absolute Gasteiger partial charge is 0.320 e. The van der Waals surface area contributed by atoms with Crippen molar-refractivity contribution < 1.29 is 0 Å². The Morgan fingerprint density at radius 3 is 2.90 bits per heavy atom. The third-order valence-corrected chi connectivity index (χ3v) is 1.51. The van der Waals surface area contributed by atoms with E-state index in [1.54, 1.807) is 17.1 Å². The number of nitrogens with one attached hydrogen (secondary N) is 1. The van der Waals surface area contributed by atoms with Crippen LogP contribution in [0.2, 0.25) is 0 Å². The highest BCUT2D eigenvalue weighted by atomic mass is 15.0. The minimum absolute atomic E-state index is 0.553. The summed E-state index contributed by atoms with van der Waals surface area (Å²) in [5, 5.41) is 7.52. The van der Waals surface area contributed by atoms with Gasteiger partial charge in [-0.3, -0.25) is 5.41 Å². The lowest BCUT2D eigenvalue weighted by Gasteiger charge is -1.99.